The van der Waals surface area contributed by atoms with E-state index in [2.05, 4.69) is 6.58 Å². The Hall–Kier alpha value is -3.28. The van der Waals surface area contributed by atoms with Gasteiger partial charge in [0.05, 0.1) is 14.2 Å². The monoisotopic (exact) mass is 383 g/mol. The second kappa shape index (κ2) is 9.60. The first-order valence-corrected chi connectivity index (χ1v) is 8.79. The molecule has 2 rings (SSSR count). The molecule has 0 saturated carbocycles. The minimum Gasteiger partial charge on any atom is -0.497 e. The molecule has 0 saturated heterocycles. The van der Waals surface area contributed by atoms with E-state index < -0.39 is 5.97 Å². The maximum absolute atomic E-state index is 12.4. The zero-order valence-corrected chi connectivity index (χ0v) is 16.7. The number of aryl methyl sites for hydroxylation is 1. The van der Waals surface area contributed by atoms with Crippen LogP contribution in [0.2, 0.25) is 0 Å². The normalized spacial score (nSPS) is 10.7. The molecule has 0 aliphatic heterocycles. The van der Waals surface area contributed by atoms with Gasteiger partial charge in [-0.1, -0.05) is 6.08 Å². The lowest BCUT2D eigenvalue weighted by Crippen LogP contribution is -2.13. The predicted octanol–water partition coefficient (Wildman–Crippen LogP) is 3.75. The van der Waals surface area contributed by atoms with Crippen molar-refractivity contribution in [3.8, 4) is 11.5 Å². The molecule has 0 aliphatic rings. The highest BCUT2D eigenvalue weighted by molar-refractivity contribution is 6.00. The Morgan fingerprint density at radius 2 is 1.89 bits per heavy atom. The standard InChI is InChI=1S/C22H25NO5/c1-6-11-23-15(2)12-19(16(23)3)20(24)14-28-22(25)10-8-17-7-9-18(26-4)13-21(17)27-5/h6-10,12-13H,1,11,14H2,2-5H3/b10-8+. The van der Waals surface area contributed by atoms with Crippen molar-refractivity contribution in [3.63, 3.8) is 0 Å². The molecule has 0 spiro atoms. The van der Waals surface area contributed by atoms with Crippen molar-refractivity contribution >= 4 is 17.8 Å². The summed E-state index contributed by atoms with van der Waals surface area (Å²) < 4.78 is 17.5. The van der Waals surface area contributed by atoms with Crippen LogP contribution in [-0.4, -0.2) is 37.1 Å². The summed E-state index contributed by atoms with van der Waals surface area (Å²) in [6.45, 7) is 7.81. The summed E-state index contributed by atoms with van der Waals surface area (Å²) >= 11 is 0. The fourth-order valence-electron chi connectivity index (χ4n) is 2.87. The summed E-state index contributed by atoms with van der Waals surface area (Å²) in [5.41, 5.74) is 3.03. The SMILES string of the molecule is C=CCn1c(C)cc(C(=O)COC(=O)/C=C/c2ccc(OC)cc2OC)c1C. The number of ketones is 1. The molecule has 1 aromatic heterocycles. The average molecular weight is 383 g/mol. The van der Waals surface area contributed by atoms with E-state index in [1.54, 1.807) is 43.5 Å². The first kappa shape index (κ1) is 21.0. The number of methoxy groups -OCH3 is 2. The molecule has 1 heterocycles. The first-order valence-electron chi connectivity index (χ1n) is 8.79. The lowest BCUT2D eigenvalue weighted by Gasteiger charge is -2.07. The number of hydrogen-bond donors (Lipinski definition) is 0. The van der Waals surface area contributed by atoms with E-state index in [0.717, 1.165) is 11.4 Å². The van der Waals surface area contributed by atoms with Crippen LogP contribution in [-0.2, 0) is 16.1 Å². The second-order valence-corrected chi connectivity index (χ2v) is 6.16. The molecule has 0 unspecified atom stereocenters. The average Bonchev–Trinajstić information content (AvgIpc) is 2.98. The zero-order valence-electron chi connectivity index (χ0n) is 16.7. The molecule has 0 fully saturated rings. The highest BCUT2D eigenvalue weighted by Crippen LogP contribution is 2.25. The fraction of sp³-hybridized carbons (Fsp3) is 0.273. The molecule has 0 N–H and O–H groups in total. The van der Waals surface area contributed by atoms with Crippen LogP contribution in [0.15, 0.2) is 43.0 Å². The zero-order chi connectivity index (χ0) is 20.7. The van der Waals surface area contributed by atoms with Crippen molar-refractivity contribution < 1.29 is 23.8 Å². The van der Waals surface area contributed by atoms with Crippen LogP contribution >= 0.6 is 0 Å². The summed E-state index contributed by atoms with van der Waals surface area (Å²) in [5, 5.41) is 0. The number of ether oxygens (including phenoxy) is 3. The van der Waals surface area contributed by atoms with E-state index in [-0.39, 0.29) is 12.4 Å². The number of carbonyl (C=O) groups excluding carboxylic acids is 2. The van der Waals surface area contributed by atoms with Gasteiger partial charge in [-0.25, -0.2) is 4.79 Å². The Kier molecular flexibility index (Phi) is 7.21. The number of esters is 1. The Labute approximate surface area is 165 Å². The maximum atomic E-state index is 12.4. The molecule has 0 radical (unpaired) electrons. The third-order valence-corrected chi connectivity index (χ3v) is 4.37. The van der Waals surface area contributed by atoms with Gasteiger partial charge < -0.3 is 18.8 Å². The van der Waals surface area contributed by atoms with Gasteiger partial charge in [-0.2, -0.15) is 0 Å². The Morgan fingerprint density at radius 3 is 2.54 bits per heavy atom. The molecule has 6 nitrogen and oxygen atoms in total. The minimum atomic E-state index is -0.605. The molecule has 1 aromatic carbocycles. The smallest absolute Gasteiger partial charge is 0.331 e. The Morgan fingerprint density at radius 1 is 1.14 bits per heavy atom. The number of carbonyl (C=O) groups is 2. The fourth-order valence-corrected chi connectivity index (χ4v) is 2.87. The summed E-state index contributed by atoms with van der Waals surface area (Å²) in [5.74, 6) is 0.365. The van der Waals surface area contributed by atoms with Crippen LogP contribution in [0.5, 0.6) is 11.5 Å². The number of benzene rings is 1. The molecule has 0 bridgehead atoms. The molecular formula is C22H25NO5. The summed E-state index contributed by atoms with van der Waals surface area (Å²) in [7, 11) is 3.10. The van der Waals surface area contributed by atoms with E-state index in [4.69, 9.17) is 14.2 Å². The Balaban J connectivity index is 2.01. The molecule has 6 heteroatoms. The van der Waals surface area contributed by atoms with Gasteiger partial charge in [0, 0.05) is 41.2 Å². The van der Waals surface area contributed by atoms with E-state index in [1.807, 2.05) is 18.4 Å². The number of allylic oxidation sites excluding steroid dienone is 1. The topological polar surface area (TPSA) is 66.8 Å². The van der Waals surface area contributed by atoms with Crippen molar-refractivity contribution in [3.05, 3.63) is 65.5 Å². The number of nitrogens with zero attached hydrogens (tertiary/aromatic N) is 1. The molecular weight excluding hydrogens is 358 g/mol. The number of aromatic nitrogens is 1. The van der Waals surface area contributed by atoms with Gasteiger partial charge in [-0.05, 0) is 38.1 Å². The predicted molar refractivity (Wildman–Crippen MR) is 108 cm³/mol. The van der Waals surface area contributed by atoms with Crippen LogP contribution in [0.1, 0.15) is 27.3 Å². The highest BCUT2D eigenvalue weighted by atomic mass is 16.5. The number of Topliss-reactive ketones (excluding diaryl/α,β-unsaturated/α-hetero) is 1. The quantitative estimate of drug-likeness (QED) is 0.286. The van der Waals surface area contributed by atoms with Crippen molar-refractivity contribution in [1.82, 2.24) is 4.57 Å². The van der Waals surface area contributed by atoms with E-state index in [1.165, 1.54) is 13.2 Å². The summed E-state index contributed by atoms with van der Waals surface area (Å²) in [6, 6.07) is 7.04. The van der Waals surface area contributed by atoms with Crippen LogP contribution in [0, 0.1) is 13.8 Å². The third kappa shape index (κ3) is 4.91. The first-order chi connectivity index (χ1) is 13.4. The van der Waals surface area contributed by atoms with Crippen LogP contribution in [0.3, 0.4) is 0 Å². The van der Waals surface area contributed by atoms with Gasteiger partial charge in [0.25, 0.3) is 0 Å². The van der Waals surface area contributed by atoms with Crippen molar-refractivity contribution in [2.75, 3.05) is 20.8 Å². The largest absolute Gasteiger partial charge is 0.497 e. The van der Waals surface area contributed by atoms with Crippen molar-refractivity contribution in [2.24, 2.45) is 0 Å². The minimum absolute atomic E-state index is 0.243. The van der Waals surface area contributed by atoms with Crippen LogP contribution < -0.4 is 9.47 Å². The van der Waals surface area contributed by atoms with Crippen LogP contribution in [0.4, 0.5) is 0 Å². The van der Waals surface area contributed by atoms with E-state index >= 15 is 0 Å². The van der Waals surface area contributed by atoms with Crippen LogP contribution in [0.25, 0.3) is 6.08 Å². The molecule has 28 heavy (non-hydrogen) atoms. The van der Waals surface area contributed by atoms with Gasteiger partial charge in [0.1, 0.15) is 11.5 Å². The van der Waals surface area contributed by atoms with Gasteiger partial charge in [-0.3, -0.25) is 4.79 Å². The van der Waals surface area contributed by atoms with Crippen molar-refractivity contribution in [2.45, 2.75) is 20.4 Å². The molecule has 0 atom stereocenters. The molecule has 2 aromatic rings. The lowest BCUT2D eigenvalue weighted by molar-refractivity contribution is -0.136. The second-order valence-electron chi connectivity index (χ2n) is 6.16. The Bertz CT molecular complexity index is 908. The molecule has 0 aliphatic carbocycles. The van der Waals surface area contributed by atoms with Gasteiger partial charge in [0.2, 0.25) is 5.78 Å². The van der Waals surface area contributed by atoms with Gasteiger partial charge >= 0.3 is 5.97 Å². The van der Waals surface area contributed by atoms with Crippen molar-refractivity contribution in [1.29, 1.82) is 0 Å². The molecule has 0 amide bonds. The number of hydrogen-bond acceptors (Lipinski definition) is 5. The maximum Gasteiger partial charge on any atom is 0.331 e. The molecule has 148 valence electrons. The number of rotatable bonds is 9. The van der Waals surface area contributed by atoms with Gasteiger partial charge in [-0.15, -0.1) is 6.58 Å². The summed E-state index contributed by atoms with van der Waals surface area (Å²) in [6.07, 6.45) is 4.60. The van der Waals surface area contributed by atoms with E-state index in [0.29, 0.717) is 29.2 Å². The third-order valence-electron chi connectivity index (χ3n) is 4.37. The van der Waals surface area contributed by atoms with Gasteiger partial charge in [0.15, 0.2) is 6.61 Å². The van der Waals surface area contributed by atoms with E-state index in [9.17, 15) is 9.59 Å². The highest BCUT2D eigenvalue weighted by Gasteiger charge is 2.16. The lowest BCUT2D eigenvalue weighted by atomic mass is 10.1. The summed E-state index contributed by atoms with van der Waals surface area (Å²) in [4.78, 5) is 24.4.